The predicted octanol–water partition coefficient (Wildman–Crippen LogP) is 3.23. The van der Waals surface area contributed by atoms with Crippen LogP contribution in [0.4, 0.5) is 14.9 Å². The standard InChI is InChI=1S/C18H19FN4O2/c1-10-20-9-13-15(21-10)8-12-4-5-16(13)23(12)18(24)22-11-3-6-17(25-2)14(19)7-11/h3,6-7,9,12,16H,4-5,8H2,1-2H3,(H,22,24)/t12-,16+/m0/s1. The Bertz CT molecular complexity index is 842. The van der Waals surface area contributed by atoms with Gasteiger partial charge in [0.25, 0.3) is 0 Å². The molecule has 1 aromatic heterocycles. The number of carbonyl (C=O) groups excluding carboxylic acids is 1. The number of anilines is 1. The summed E-state index contributed by atoms with van der Waals surface area (Å²) in [6.45, 7) is 1.87. The number of aryl methyl sites for hydroxylation is 1. The summed E-state index contributed by atoms with van der Waals surface area (Å²) in [6, 6.07) is 4.28. The van der Waals surface area contributed by atoms with E-state index in [1.807, 2.05) is 18.0 Å². The maximum absolute atomic E-state index is 13.8. The van der Waals surface area contributed by atoms with Gasteiger partial charge >= 0.3 is 6.03 Å². The number of hydrogen-bond acceptors (Lipinski definition) is 4. The number of methoxy groups -OCH3 is 1. The molecule has 1 aromatic carbocycles. The topological polar surface area (TPSA) is 67.3 Å². The Hall–Kier alpha value is -2.70. The van der Waals surface area contributed by atoms with Gasteiger partial charge in [-0.3, -0.25) is 0 Å². The number of nitrogens with one attached hydrogen (secondary N) is 1. The first-order valence-corrected chi connectivity index (χ1v) is 8.32. The molecule has 2 aromatic rings. The Kier molecular flexibility index (Phi) is 3.78. The van der Waals surface area contributed by atoms with Gasteiger partial charge in [0.1, 0.15) is 5.82 Å². The summed E-state index contributed by atoms with van der Waals surface area (Å²) >= 11 is 0. The fourth-order valence-electron chi connectivity index (χ4n) is 3.82. The molecule has 25 heavy (non-hydrogen) atoms. The number of urea groups is 1. The molecule has 0 unspecified atom stereocenters. The highest BCUT2D eigenvalue weighted by atomic mass is 19.1. The zero-order chi connectivity index (χ0) is 17.6. The minimum Gasteiger partial charge on any atom is -0.494 e. The minimum atomic E-state index is -0.504. The normalized spacial score (nSPS) is 21.0. The zero-order valence-corrected chi connectivity index (χ0v) is 14.1. The molecule has 6 nitrogen and oxygen atoms in total. The van der Waals surface area contributed by atoms with Crippen LogP contribution in [-0.2, 0) is 6.42 Å². The van der Waals surface area contributed by atoms with Crippen molar-refractivity contribution in [2.24, 2.45) is 0 Å². The molecule has 2 atom stereocenters. The summed E-state index contributed by atoms with van der Waals surface area (Å²) in [7, 11) is 1.41. The molecular weight excluding hydrogens is 323 g/mol. The Morgan fingerprint density at radius 1 is 1.40 bits per heavy atom. The van der Waals surface area contributed by atoms with E-state index in [0.717, 1.165) is 36.3 Å². The molecule has 1 saturated heterocycles. The summed E-state index contributed by atoms with van der Waals surface area (Å²) < 4.78 is 18.7. The van der Waals surface area contributed by atoms with Crippen molar-refractivity contribution in [2.45, 2.75) is 38.3 Å². The summed E-state index contributed by atoms with van der Waals surface area (Å²) in [6.07, 6.45) is 4.40. The van der Waals surface area contributed by atoms with E-state index in [9.17, 15) is 9.18 Å². The Labute approximate surface area is 145 Å². The number of nitrogens with zero attached hydrogens (tertiary/aromatic N) is 3. The second kappa shape index (κ2) is 5.98. The zero-order valence-electron chi connectivity index (χ0n) is 14.1. The number of fused-ring (bicyclic) bond motifs is 4. The third kappa shape index (κ3) is 2.69. The third-order valence-electron chi connectivity index (χ3n) is 4.95. The molecule has 1 fully saturated rings. The first-order valence-electron chi connectivity index (χ1n) is 8.32. The lowest BCUT2D eigenvalue weighted by Crippen LogP contribution is -2.44. The van der Waals surface area contributed by atoms with E-state index in [4.69, 9.17) is 4.74 Å². The maximum atomic E-state index is 13.8. The van der Waals surface area contributed by atoms with Crippen LogP contribution >= 0.6 is 0 Å². The third-order valence-corrected chi connectivity index (χ3v) is 4.95. The SMILES string of the molecule is COc1ccc(NC(=O)N2[C@H]3CC[C@@H]2c2cnc(C)nc2C3)cc1F. The van der Waals surface area contributed by atoms with Crippen LogP contribution in [0, 0.1) is 12.7 Å². The molecule has 0 aliphatic carbocycles. The van der Waals surface area contributed by atoms with Crippen LogP contribution in [0.3, 0.4) is 0 Å². The van der Waals surface area contributed by atoms with Crippen molar-refractivity contribution in [1.29, 1.82) is 0 Å². The molecular formula is C18H19FN4O2. The number of halogens is 1. The Morgan fingerprint density at radius 2 is 2.24 bits per heavy atom. The fraction of sp³-hybridized carbons (Fsp3) is 0.389. The lowest BCUT2D eigenvalue weighted by molar-refractivity contribution is 0.178. The van der Waals surface area contributed by atoms with E-state index in [1.165, 1.54) is 19.2 Å². The molecule has 7 heteroatoms. The molecule has 3 heterocycles. The van der Waals surface area contributed by atoms with Crippen molar-refractivity contribution in [2.75, 3.05) is 12.4 Å². The molecule has 1 N–H and O–H groups in total. The number of hydrogen-bond donors (Lipinski definition) is 1. The first kappa shape index (κ1) is 15.8. The molecule has 2 bridgehead atoms. The Balaban J connectivity index is 1.57. The van der Waals surface area contributed by atoms with Crippen LogP contribution in [0.1, 0.15) is 36.0 Å². The molecule has 4 rings (SSSR count). The van der Waals surface area contributed by atoms with Crippen molar-refractivity contribution >= 4 is 11.7 Å². The maximum Gasteiger partial charge on any atom is 0.322 e. The highest BCUT2D eigenvalue weighted by Crippen LogP contribution is 2.43. The van der Waals surface area contributed by atoms with Crippen molar-refractivity contribution in [3.63, 3.8) is 0 Å². The van der Waals surface area contributed by atoms with Gasteiger partial charge < -0.3 is 15.0 Å². The Morgan fingerprint density at radius 3 is 3.00 bits per heavy atom. The van der Waals surface area contributed by atoms with Gasteiger partial charge in [-0.1, -0.05) is 0 Å². The summed E-state index contributed by atoms with van der Waals surface area (Å²) in [5.41, 5.74) is 2.48. The monoisotopic (exact) mass is 342 g/mol. The molecule has 2 aliphatic heterocycles. The van der Waals surface area contributed by atoms with E-state index in [-0.39, 0.29) is 23.9 Å². The summed E-state index contributed by atoms with van der Waals surface area (Å²) in [5, 5.41) is 2.80. The summed E-state index contributed by atoms with van der Waals surface area (Å²) in [5.74, 6) is 0.401. The lowest BCUT2D eigenvalue weighted by atomic mass is 9.99. The number of ether oxygens (including phenoxy) is 1. The molecule has 2 amide bonds. The molecule has 0 radical (unpaired) electrons. The second-order valence-corrected chi connectivity index (χ2v) is 6.46. The van der Waals surface area contributed by atoms with Crippen molar-refractivity contribution in [3.8, 4) is 5.75 Å². The second-order valence-electron chi connectivity index (χ2n) is 6.46. The van der Waals surface area contributed by atoms with Gasteiger partial charge in [-0.25, -0.2) is 19.2 Å². The minimum absolute atomic E-state index is 0.0163. The summed E-state index contributed by atoms with van der Waals surface area (Å²) in [4.78, 5) is 23.5. The van der Waals surface area contributed by atoms with Crippen molar-refractivity contribution in [1.82, 2.24) is 14.9 Å². The lowest BCUT2D eigenvalue weighted by Gasteiger charge is -2.35. The highest BCUT2D eigenvalue weighted by Gasteiger charge is 2.43. The van der Waals surface area contributed by atoms with Crippen LogP contribution < -0.4 is 10.1 Å². The quantitative estimate of drug-likeness (QED) is 0.910. The van der Waals surface area contributed by atoms with Crippen LogP contribution in [0.2, 0.25) is 0 Å². The van der Waals surface area contributed by atoms with Gasteiger partial charge in [-0.2, -0.15) is 0 Å². The largest absolute Gasteiger partial charge is 0.494 e. The molecule has 130 valence electrons. The molecule has 2 aliphatic rings. The van der Waals surface area contributed by atoms with Crippen LogP contribution in [-0.4, -0.2) is 34.1 Å². The first-order chi connectivity index (χ1) is 12.1. The van der Waals surface area contributed by atoms with E-state index in [0.29, 0.717) is 5.69 Å². The number of benzene rings is 1. The average molecular weight is 342 g/mol. The molecule has 0 spiro atoms. The average Bonchev–Trinajstić information content (AvgIpc) is 2.90. The highest BCUT2D eigenvalue weighted by molar-refractivity contribution is 5.90. The van der Waals surface area contributed by atoms with Gasteiger partial charge in [0, 0.05) is 36.0 Å². The van der Waals surface area contributed by atoms with Gasteiger partial charge in [0.05, 0.1) is 18.8 Å². The van der Waals surface area contributed by atoms with Crippen LogP contribution in [0.5, 0.6) is 5.75 Å². The number of carbonyl (C=O) groups is 1. The van der Waals surface area contributed by atoms with Gasteiger partial charge in [0.2, 0.25) is 0 Å². The van der Waals surface area contributed by atoms with Gasteiger partial charge in [-0.15, -0.1) is 0 Å². The predicted molar refractivity (Wildman–Crippen MR) is 90.0 cm³/mol. The van der Waals surface area contributed by atoms with E-state index < -0.39 is 5.82 Å². The van der Waals surface area contributed by atoms with E-state index >= 15 is 0 Å². The van der Waals surface area contributed by atoms with E-state index in [1.54, 1.807) is 6.07 Å². The van der Waals surface area contributed by atoms with E-state index in [2.05, 4.69) is 15.3 Å². The number of aromatic nitrogens is 2. The van der Waals surface area contributed by atoms with Crippen molar-refractivity contribution in [3.05, 3.63) is 47.3 Å². The van der Waals surface area contributed by atoms with Crippen LogP contribution in [0.15, 0.2) is 24.4 Å². The van der Waals surface area contributed by atoms with Gasteiger partial charge in [0.15, 0.2) is 11.6 Å². The van der Waals surface area contributed by atoms with Crippen molar-refractivity contribution < 1.29 is 13.9 Å². The molecule has 0 saturated carbocycles. The fourth-order valence-corrected chi connectivity index (χ4v) is 3.82. The van der Waals surface area contributed by atoms with Gasteiger partial charge in [-0.05, 0) is 31.9 Å². The van der Waals surface area contributed by atoms with Crippen LogP contribution in [0.25, 0.3) is 0 Å². The number of amides is 2. The smallest absolute Gasteiger partial charge is 0.322 e. The number of rotatable bonds is 2.